The van der Waals surface area contributed by atoms with E-state index >= 15 is 0 Å². The molecule has 1 aliphatic rings. The quantitative estimate of drug-likeness (QED) is 0.393. The number of hydrogen-bond donors (Lipinski definition) is 0. The first-order chi connectivity index (χ1) is 14.6. The molecule has 5 rings (SSSR count). The van der Waals surface area contributed by atoms with E-state index in [2.05, 4.69) is 0 Å². The van der Waals surface area contributed by atoms with Crippen molar-refractivity contribution < 1.29 is 18.7 Å². The van der Waals surface area contributed by atoms with Crippen molar-refractivity contribution in [3.8, 4) is 28.4 Å². The Labute approximate surface area is 173 Å². The number of aryl methyl sites for hydroxylation is 1. The summed E-state index contributed by atoms with van der Waals surface area (Å²) in [5.41, 5.74) is 3.51. The summed E-state index contributed by atoms with van der Waals surface area (Å²) in [6.07, 6.45) is 0. The van der Waals surface area contributed by atoms with Crippen molar-refractivity contribution >= 4 is 11.6 Å². The van der Waals surface area contributed by atoms with Gasteiger partial charge >= 0.3 is 0 Å². The molecule has 0 saturated carbocycles. The van der Waals surface area contributed by atoms with Crippen LogP contribution in [0.15, 0.2) is 77.2 Å². The molecule has 146 valence electrons. The van der Waals surface area contributed by atoms with Gasteiger partial charge in [-0.25, -0.2) is 0 Å². The molecule has 0 radical (unpaired) electrons. The van der Waals surface area contributed by atoms with Crippen LogP contribution in [0.25, 0.3) is 22.6 Å². The Hall–Kier alpha value is -3.92. The van der Waals surface area contributed by atoms with Crippen LogP contribution in [0.4, 0.5) is 0 Å². The number of fused-ring (bicyclic) bond motifs is 2. The molecule has 0 atom stereocenters. The summed E-state index contributed by atoms with van der Waals surface area (Å²) in [7, 11) is 1.50. The second kappa shape index (κ2) is 6.85. The van der Waals surface area contributed by atoms with Crippen LogP contribution in [0, 0.1) is 6.92 Å². The van der Waals surface area contributed by atoms with Gasteiger partial charge < -0.3 is 9.15 Å². The minimum absolute atomic E-state index is 0.221. The zero-order chi connectivity index (χ0) is 20.8. The zero-order valence-electron chi connectivity index (χ0n) is 16.6. The summed E-state index contributed by atoms with van der Waals surface area (Å²) in [5, 5.41) is 0. The van der Waals surface area contributed by atoms with Crippen LogP contribution in [-0.2, 0) is 0 Å². The van der Waals surface area contributed by atoms with Crippen molar-refractivity contribution in [3.63, 3.8) is 0 Å². The van der Waals surface area contributed by atoms with Crippen LogP contribution in [0.3, 0.4) is 0 Å². The zero-order valence-corrected chi connectivity index (χ0v) is 16.6. The number of ether oxygens (including phenoxy) is 1. The maximum Gasteiger partial charge on any atom is 0.202 e. The molecule has 0 aliphatic heterocycles. The third kappa shape index (κ3) is 2.54. The summed E-state index contributed by atoms with van der Waals surface area (Å²) in [6.45, 7) is 1.83. The van der Waals surface area contributed by atoms with Gasteiger partial charge in [0, 0.05) is 16.7 Å². The van der Waals surface area contributed by atoms with Crippen LogP contribution < -0.4 is 4.74 Å². The molecule has 0 unspecified atom stereocenters. The van der Waals surface area contributed by atoms with Gasteiger partial charge in [-0.3, -0.25) is 9.59 Å². The number of furan rings is 1. The fourth-order valence-electron chi connectivity index (χ4n) is 4.08. The molecule has 1 heterocycles. The number of ketones is 2. The average Bonchev–Trinajstić information content (AvgIpc) is 3.20. The third-order valence-corrected chi connectivity index (χ3v) is 5.48. The molecule has 0 amide bonds. The van der Waals surface area contributed by atoms with Crippen LogP contribution in [0.2, 0.25) is 0 Å². The van der Waals surface area contributed by atoms with Gasteiger partial charge in [0.05, 0.1) is 23.8 Å². The summed E-state index contributed by atoms with van der Waals surface area (Å²) in [4.78, 5) is 27.4. The minimum Gasteiger partial charge on any atom is -0.496 e. The van der Waals surface area contributed by atoms with E-state index < -0.39 is 0 Å². The molecule has 1 aliphatic carbocycles. The average molecular weight is 394 g/mol. The molecule has 4 nitrogen and oxygen atoms in total. The fraction of sp³-hybridized carbons (Fsp3) is 0.0769. The molecular formula is C26H18O4. The predicted molar refractivity (Wildman–Crippen MR) is 114 cm³/mol. The molecule has 0 saturated heterocycles. The first kappa shape index (κ1) is 18.1. The lowest BCUT2D eigenvalue weighted by Crippen LogP contribution is -2.22. The van der Waals surface area contributed by atoms with Crippen LogP contribution in [0.5, 0.6) is 5.75 Å². The Morgan fingerprint density at radius 2 is 1.13 bits per heavy atom. The molecule has 4 heteroatoms. The SMILES string of the molecule is COc1ccc(C)c2c1C(=O)c1c(-c3ccccc3)oc(-c3ccccc3)c1C2=O. The van der Waals surface area contributed by atoms with Gasteiger partial charge in [-0.05, 0) is 18.6 Å². The highest BCUT2D eigenvalue weighted by Gasteiger charge is 2.40. The molecule has 0 bridgehead atoms. The van der Waals surface area contributed by atoms with Crippen LogP contribution in [0.1, 0.15) is 37.4 Å². The van der Waals surface area contributed by atoms with E-state index in [0.717, 1.165) is 16.7 Å². The van der Waals surface area contributed by atoms with Crippen molar-refractivity contribution in [1.82, 2.24) is 0 Å². The van der Waals surface area contributed by atoms with E-state index in [4.69, 9.17) is 9.15 Å². The second-order valence-electron chi connectivity index (χ2n) is 7.24. The standard InChI is InChI=1S/C26H18O4/c1-15-13-14-18(29-2)20-19(15)23(27)21-22(24(20)28)26(17-11-7-4-8-12-17)30-25(21)16-9-5-3-6-10-16/h3-14H,1-2H3. The fourth-order valence-corrected chi connectivity index (χ4v) is 4.08. The largest absolute Gasteiger partial charge is 0.496 e. The summed E-state index contributed by atoms with van der Waals surface area (Å²) in [5.74, 6) is 0.722. The Bertz CT molecular complexity index is 1300. The number of carbonyl (C=O) groups excluding carboxylic acids is 2. The molecule has 0 spiro atoms. The number of rotatable bonds is 3. The molecule has 0 N–H and O–H groups in total. The van der Waals surface area contributed by atoms with E-state index in [1.165, 1.54) is 7.11 Å². The molecular weight excluding hydrogens is 376 g/mol. The summed E-state index contributed by atoms with van der Waals surface area (Å²) >= 11 is 0. The van der Waals surface area contributed by atoms with Gasteiger partial charge in [0.2, 0.25) is 5.78 Å². The molecule has 0 fully saturated rings. The van der Waals surface area contributed by atoms with Crippen molar-refractivity contribution in [2.75, 3.05) is 7.11 Å². The summed E-state index contributed by atoms with van der Waals surface area (Å²) < 4.78 is 11.7. The van der Waals surface area contributed by atoms with Crippen molar-refractivity contribution in [3.05, 3.63) is 101 Å². The number of benzene rings is 3. The van der Waals surface area contributed by atoms with Crippen LogP contribution in [-0.4, -0.2) is 18.7 Å². The van der Waals surface area contributed by atoms with E-state index in [9.17, 15) is 9.59 Å². The number of carbonyl (C=O) groups is 2. The van der Waals surface area contributed by atoms with Gasteiger partial charge in [0.1, 0.15) is 17.3 Å². The van der Waals surface area contributed by atoms with Crippen LogP contribution >= 0.6 is 0 Å². The van der Waals surface area contributed by atoms with Crippen molar-refractivity contribution in [1.29, 1.82) is 0 Å². The van der Waals surface area contributed by atoms with Crippen molar-refractivity contribution in [2.45, 2.75) is 6.92 Å². The highest BCUT2D eigenvalue weighted by atomic mass is 16.5. The van der Waals surface area contributed by atoms with E-state index in [0.29, 0.717) is 39.5 Å². The van der Waals surface area contributed by atoms with E-state index in [-0.39, 0.29) is 11.6 Å². The molecule has 1 aromatic heterocycles. The Kier molecular flexibility index (Phi) is 4.14. The Morgan fingerprint density at radius 3 is 1.63 bits per heavy atom. The monoisotopic (exact) mass is 394 g/mol. The van der Waals surface area contributed by atoms with Crippen molar-refractivity contribution in [2.24, 2.45) is 0 Å². The van der Waals surface area contributed by atoms with E-state index in [1.807, 2.05) is 67.6 Å². The Balaban J connectivity index is 1.87. The van der Waals surface area contributed by atoms with E-state index in [1.54, 1.807) is 12.1 Å². The highest BCUT2D eigenvalue weighted by Crippen LogP contribution is 2.45. The number of hydrogen-bond acceptors (Lipinski definition) is 4. The summed E-state index contributed by atoms with van der Waals surface area (Å²) in [6, 6.07) is 22.3. The molecule has 3 aromatic carbocycles. The second-order valence-corrected chi connectivity index (χ2v) is 7.24. The lowest BCUT2D eigenvalue weighted by atomic mass is 9.80. The maximum absolute atomic E-state index is 13.7. The smallest absolute Gasteiger partial charge is 0.202 e. The first-order valence-electron chi connectivity index (χ1n) is 9.66. The topological polar surface area (TPSA) is 56.5 Å². The normalized spacial score (nSPS) is 12.5. The third-order valence-electron chi connectivity index (χ3n) is 5.48. The molecule has 4 aromatic rings. The minimum atomic E-state index is -0.259. The maximum atomic E-state index is 13.7. The lowest BCUT2D eigenvalue weighted by molar-refractivity contribution is 0.0977. The number of methoxy groups -OCH3 is 1. The van der Waals surface area contributed by atoms with Gasteiger partial charge in [0.15, 0.2) is 5.78 Å². The van der Waals surface area contributed by atoms with Gasteiger partial charge in [0.25, 0.3) is 0 Å². The molecule has 30 heavy (non-hydrogen) atoms. The first-order valence-corrected chi connectivity index (χ1v) is 9.66. The predicted octanol–water partition coefficient (Wildman–Crippen LogP) is 5.71. The van der Waals surface area contributed by atoms with Gasteiger partial charge in [-0.15, -0.1) is 0 Å². The lowest BCUT2D eigenvalue weighted by Gasteiger charge is -2.20. The van der Waals surface area contributed by atoms with Gasteiger partial charge in [-0.1, -0.05) is 66.7 Å². The highest BCUT2D eigenvalue weighted by molar-refractivity contribution is 6.33. The van der Waals surface area contributed by atoms with Gasteiger partial charge in [-0.2, -0.15) is 0 Å². The Morgan fingerprint density at radius 1 is 0.633 bits per heavy atom.